The van der Waals surface area contributed by atoms with Crippen molar-refractivity contribution in [3.8, 4) is 0 Å². The van der Waals surface area contributed by atoms with Crippen LogP contribution in [-0.2, 0) is 31.4 Å². The molecule has 1 N–H and O–H groups in total. The molecule has 1 rings (SSSR count). The third-order valence-electron chi connectivity index (χ3n) is 2.74. The number of ether oxygens (including phenoxy) is 2. The highest BCUT2D eigenvalue weighted by molar-refractivity contribution is 5.98. The smallest absolute Gasteiger partial charge is 0.416 e. The van der Waals surface area contributed by atoms with Crippen molar-refractivity contribution in [1.29, 1.82) is 0 Å². The van der Waals surface area contributed by atoms with Crippen molar-refractivity contribution in [3.63, 3.8) is 0 Å². The average Bonchev–Trinajstić information content (AvgIpc) is 2.51. The molecule has 0 saturated carbocycles. The van der Waals surface area contributed by atoms with E-state index in [2.05, 4.69) is 9.47 Å². The lowest BCUT2D eigenvalue weighted by Gasteiger charge is -2.16. The predicted octanol–water partition coefficient (Wildman–Crippen LogP) is 3.37. The van der Waals surface area contributed by atoms with E-state index >= 15 is 0 Å². The van der Waals surface area contributed by atoms with E-state index in [1.165, 1.54) is 0 Å². The SMILES string of the molecule is COC(=O)/C=C(\Nc1cc(C(F)(F)F)cc(C(F)(F)F)c1)C(=O)OC. The lowest BCUT2D eigenvalue weighted by molar-refractivity contribution is -0.143. The second kappa shape index (κ2) is 7.45. The van der Waals surface area contributed by atoms with Gasteiger partial charge in [0.1, 0.15) is 5.70 Å². The van der Waals surface area contributed by atoms with Crippen molar-refractivity contribution in [2.75, 3.05) is 19.5 Å². The largest absolute Gasteiger partial charge is 0.466 e. The van der Waals surface area contributed by atoms with Crippen LogP contribution in [0.15, 0.2) is 30.0 Å². The molecule has 1 aromatic rings. The Morgan fingerprint density at radius 2 is 1.40 bits per heavy atom. The molecule has 25 heavy (non-hydrogen) atoms. The van der Waals surface area contributed by atoms with Gasteiger partial charge in [-0.25, -0.2) is 9.59 Å². The van der Waals surface area contributed by atoms with Crippen LogP contribution in [0.4, 0.5) is 32.0 Å². The number of alkyl halides is 6. The van der Waals surface area contributed by atoms with Crippen LogP contribution in [0.2, 0.25) is 0 Å². The van der Waals surface area contributed by atoms with Crippen molar-refractivity contribution >= 4 is 17.6 Å². The minimum absolute atomic E-state index is 0.0764. The summed E-state index contributed by atoms with van der Waals surface area (Å²) < 4.78 is 85.3. The number of hydrogen-bond donors (Lipinski definition) is 1. The summed E-state index contributed by atoms with van der Waals surface area (Å²) in [5.41, 5.74) is -4.61. The number of carbonyl (C=O) groups is 2. The van der Waals surface area contributed by atoms with Crippen LogP contribution in [0.1, 0.15) is 11.1 Å². The van der Waals surface area contributed by atoms with Gasteiger partial charge in [-0.1, -0.05) is 0 Å². The van der Waals surface area contributed by atoms with Crippen molar-refractivity contribution in [2.45, 2.75) is 12.4 Å². The summed E-state index contributed by atoms with van der Waals surface area (Å²) in [4.78, 5) is 22.7. The number of carbonyl (C=O) groups excluding carboxylic acids is 2. The fourth-order valence-corrected chi connectivity index (χ4v) is 1.62. The lowest BCUT2D eigenvalue weighted by atomic mass is 10.1. The van der Waals surface area contributed by atoms with Crippen LogP contribution in [0, 0.1) is 0 Å². The van der Waals surface area contributed by atoms with Crippen LogP contribution < -0.4 is 5.32 Å². The molecule has 0 aliphatic heterocycles. The van der Waals surface area contributed by atoms with E-state index in [-0.39, 0.29) is 6.07 Å². The Hall–Kier alpha value is -2.72. The summed E-state index contributed by atoms with van der Waals surface area (Å²) >= 11 is 0. The Balaban J connectivity index is 3.41. The topological polar surface area (TPSA) is 64.6 Å². The fourth-order valence-electron chi connectivity index (χ4n) is 1.62. The Labute approximate surface area is 137 Å². The molecule has 0 fully saturated rings. The van der Waals surface area contributed by atoms with Crippen molar-refractivity contribution in [1.82, 2.24) is 0 Å². The third kappa shape index (κ3) is 5.69. The predicted molar refractivity (Wildman–Crippen MR) is 72.2 cm³/mol. The first-order valence-corrected chi connectivity index (χ1v) is 6.33. The minimum Gasteiger partial charge on any atom is -0.466 e. The van der Waals surface area contributed by atoms with E-state index in [0.717, 1.165) is 14.2 Å². The maximum Gasteiger partial charge on any atom is 0.416 e. The molecule has 0 atom stereocenters. The quantitative estimate of drug-likeness (QED) is 0.500. The average molecular weight is 371 g/mol. The second-order valence-corrected chi connectivity index (χ2v) is 4.49. The number of esters is 2. The number of hydrogen-bond acceptors (Lipinski definition) is 5. The third-order valence-corrected chi connectivity index (χ3v) is 2.74. The summed E-state index contributed by atoms with van der Waals surface area (Å²) in [5.74, 6) is -2.27. The van der Waals surface area contributed by atoms with Crippen LogP contribution in [0.5, 0.6) is 0 Å². The van der Waals surface area contributed by atoms with E-state index in [4.69, 9.17) is 0 Å². The number of rotatable bonds is 4. The first-order valence-electron chi connectivity index (χ1n) is 6.33. The second-order valence-electron chi connectivity index (χ2n) is 4.49. The van der Waals surface area contributed by atoms with Crippen LogP contribution >= 0.6 is 0 Å². The molecule has 1 aromatic carbocycles. The maximum atomic E-state index is 12.8. The first kappa shape index (κ1) is 20.3. The molecule has 0 aliphatic carbocycles. The Bertz CT molecular complexity index is 661. The lowest BCUT2D eigenvalue weighted by Crippen LogP contribution is -2.17. The molecule has 0 spiro atoms. The van der Waals surface area contributed by atoms with Gasteiger partial charge >= 0.3 is 24.3 Å². The van der Waals surface area contributed by atoms with Crippen molar-refractivity contribution in [3.05, 3.63) is 41.1 Å². The van der Waals surface area contributed by atoms with Gasteiger partial charge in [0, 0.05) is 5.69 Å². The summed E-state index contributed by atoms with van der Waals surface area (Å²) in [6.07, 6.45) is -9.59. The molecular formula is C14H11F6NO4. The Morgan fingerprint density at radius 1 is 0.920 bits per heavy atom. The highest BCUT2D eigenvalue weighted by Gasteiger charge is 2.37. The van der Waals surface area contributed by atoms with Gasteiger partial charge < -0.3 is 14.8 Å². The summed E-state index contributed by atoms with van der Waals surface area (Å²) in [5, 5.41) is 2.01. The summed E-state index contributed by atoms with van der Waals surface area (Å²) in [6, 6.07) is 0.625. The monoisotopic (exact) mass is 371 g/mol. The highest BCUT2D eigenvalue weighted by atomic mass is 19.4. The van der Waals surface area contributed by atoms with Gasteiger partial charge in [0.15, 0.2) is 0 Å². The van der Waals surface area contributed by atoms with Crippen LogP contribution in [0.25, 0.3) is 0 Å². The molecule has 5 nitrogen and oxygen atoms in total. The van der Waals surface area contributed by atoms with E-state index in [1.54, 1.807) is 0 Å². The van der Waals surface area contributed by atoms with Crippen molar-refractivity contribution in [2.24, 2.45) is 0 Å². The van der Waals surface area contributed by atoms with E-state index in [0.29, 0.717) is 18.2 Å². The molecule has 0 unspecified atom stereocenters. The van der Waals surface area contributed by atoms with Crippen molar-refractivity contribution < 1.29 is 45.4 Å². The highest BCUT2D eigenvalue weighted by Crippen LogP contribution is 2.37. The van der Waals surface area contributed by atoms with Gasteiger partial charge in [0.25, 0.3) is 0 Å². The molecule has 0 aliphatic rings. The number of benzene rings is 1. The molecule has 138 valence electrons. The minimum atomic E-state index is -5.06. The van der Waals surface area contributed by atoms with Gasteiger partial charge in [-0.05, 0) is 18.2 Å². The molecule has 0 bridgehead atoms. The van der Waals surface area contributed by atoms with Gasteiger partial charge in [-0.2, -0.15) is 26.3 Å². The standard InChI is InChI=1S/C14H11F6NO4/c1-24-11(22)6-10(12(23)25-2)21-9-4-7(13(15,16)17)3-8(5-9)14(18,19)20/h3-6,21H,1-2H3/b10-6-. The Kier molecular flexibility index (Phi) is 6.05. The van der Waals surface area contributed by atoms with E-state index in [1.807, 2.05) is 5.32 Å². The molecule has 0 aromatic heterocycles. The van der Waals surface area contributed by atoms with Gasteiger partial charge in [-0.3, -0.25) is 0 Å². The summed E-state index contributed by atoms with van der Waals surface area (Å²) in [6.45, 7) is 0. The molecule has 11 heteroatoms. The maximum absolute atomic E-state index is 12.8. The number of methoxy groups -OCH3 is 2. The number of halogens is 6. The zero-order valence-corrected chi connectivity index (χ0v) is 12.7. The molecule has 0 radical (unpaired) electrons. The Morgan fingerprint density at radius 3 is 1.76 bits per heavy atom. The van der Waals surface area contributed by atoms with E-state index in [9.17, 15) is 35.9 Å². The first-order chi connectivity index (χ1) is 11.4. The fraction of sp³-hybridized carbons (Fsp3) is 0.286. The number of nitrogens with one attached hydrogen (secondary N) is 1. The zero-order valence-electron chi connectivity index (χ0n) is 12.7. The van der Waals surface area contributed by atoms with Crippen LogP contribution in [0.3, 0.4) is 0 Å². The molecular weight excluding hydrogens is 360 g/mol. The molecule has 0 saturated heterocycles. The van der Waals surface area contributed by atoms with Gasteiger partial charge in [0.05, 0.1) is 31.4 Å². The van der Waals surface area contributed by atoms with E-state index < -0.39 is 46.8 Å². The number of anilines is 1. The van der Waals surface area contributed by atoms with Gasteiger partial charge in [-0.15, -0.1) is 0 Å². The molecule has 0 heterocycles. The van der Waals surface area contributed by atoms with Gasteiger partial charge in [0.2, 0.25) is 0 Å². The van der Waals surface area contributed by atoms with Crippen LogP contribution in [-0.4, -0.2) is 26.2 Å². The molecule has 0 amide bonds. The normalized spacial score (nSPS) is 12.6. The summed E-state index contributed by atoms with van der Waals surface area (Å²) in [7, 11) is 1.86. The zero-order chi connectivity index (χ0) is 19.4.